The fraction of sp³-hybridized carbons (Fsp3) is 0.474. The van der Waals surface area contributed by atoms with Crippen molar-refractivity contribution in [2.75, 3.05) is 13.1 Å². The monoisotopic (exact) mass is 354 g/mol. The van der Waals surface area contributed by atoms with Crippen molar-refractivity contribution in [3.8, 4) is 0 Å². The average Bonchev–Trinajstić information content (AvgIpc) is 3.11. The third kappa shape index (κ3) is 3.21. The lowest BCUT2D eigenvalue weighted by molar-refractivity contribution is 0.0666. The van der Waals surface area contributed by atoms with E-state index < -0.39 is 5.97 Å². The highest BCUT2D eigenvalue weighted by atomic mass is 16.4. The van der Waals surface area contributed by atoms with Gasteiger partial charge in [0.25, 0.3) is 5.91 Å². The van der Waals surface area contributed by atoms with E-state index in [4.69, 9.17) is 5.11 Å². The standard InChI is InChI=1S/C19H22N4O3/c24-18(15-8-6-14(7-9-15)13-3-1-4-13)22-10-2-5-16(11-22)23-12-17(19(25)26)20-21-23/h6-9,12-13,16H,1-5,10-11H2,(H,25,26). The molecule has 4 rings (SSSR count). The van der Waals surface area contributed by atoms with Crippen LogP contribution in [0, 0.1) is 0 Å². The van der Waals surface area contributed by atoms with E-state index >= 15 is 0 Å². The third-order valence-electron chi connectivity index (χ3n) is 5.52. The summed E-state index contributed by atoms with van der Waals surface area (Å²) in [6, 6.07) is 7.97. The summed E-state index contributed by atoms with van der Waals surface area (Å²) in [5.74, 6) is -0.408. The number of carboxylic acid groups (broad SMARTS) is 1. The third-order valence-corrected chi connectivity index (χ3v) is 5.52. The van der Waals surface area contributed by atoms with Gasteiger partial charge in [0.1, 0.15) is 0 Å². The summed E-state index contributed by atoms with van der Waals surface area (Å²) in [6.07, 6.45) is 6.95. The van der Waals surface area contributed by atoms with Gasteiger partial charge in [0, 0.05) is 18.7 Å². The molecule has 1 aliphatic heterocycles. The first-order valence-corrected chi connectivity index (χ1v) is 9.16. The van der Waals surface area contributed by atoms with E-state index in [1.165, 1.54) is 31.0 Å². The van der Waals surface area contributed by atoms with E-state index in [-0.39, 0.29) is 17.6 Å². The van der Waals surface area contributed by atoms with E-state index in [2.05, 4.69) is 22.4 Å². The normalized spacial score (nSPS) is 20.6. The number of carboxylic acids is 1. The van der Waals surface area contributed by atoms with Crippen LogP contribution in [-0.2, 0) is 0 Å². The van der Waals surface area contributed by atoms with Gasteiger partial charge in [0.05, 0.1) is 12.2 Å². The van der Waals surface area contributed by atoms with Crippen molar-refractivity contribution < 1.29 is 14.7 Å². The smallest absolute Gasteiger partial charge is 0.358 e. The molecule has 1 saturated carbocycles. The summed E-state index contributed by atoms with van der Waals surface area (Å²) >= 11 is 0. The minimum absolute atomic E-state index is 0.0217. The first-order valence-electron chi connectivity index (χ1n) is 9.16. The Balaban J connectivity index is 1.44. The van der Waals surface area contributed by atoms with Crippen LogP contribution in [0.3, 0.4) is 0 Å². The molecule has 1 aromatic heterocycles. The van der Waals surface area contributed by atoms with Gasteiger partial charge in [-0.05, 0) is 49.3 Å². The number of piperidine rings is 1. The van der Waals surface area contributed by atoms with Gasteiger partial charge in [-0.2, -0.15) is 0 Å². The molecule has 1 atom stereocenters. The minimum Gasteiger partial charge on any atom is -0.476 e. The average molecular weight is 354 g/mol. The van der Waals surface area contributed by atoms with Gasteiger partial charge in [0.2, 0.25) is 0 Å². The lowest BCUT2D eigenvalue weighted by Gasteiger charge is -2.32. The lowest BCUT2D eigenvalue weighted by Crippen LogP contribution is -2.40. The Hall–Kier alpha value is -2.70. The number of aromatic carboxylic acids is 1. The van der Waals surface area contributed by atoms with Crippen molar-refractivity contribution in [2.24, 2.45) is 0 Å². The summed E-state index contributed by atoms with van der Waals surface area (Å²) < 4.78 is 1.57. The van der Waals surface area contributed by atoms with E-state index in [0.29, 0.717) is 24.6 Å². The molecule has 1 aromatic carbocycles. The van der Waals surface area contributed by atoms with Crippen LogP contribution >= 0.6 is 0 Å². The SMILES string of the molecule is O=C(O)c1cn(C2CCCN(C(=O)c3ccc(C4CCC4)cc3)C2)nn1. The predicted octanol–water partition coefficient (Wildman–Crippen LogP) is 2.72. The Bertz CT molecular complexity index is 810. The van der Waals surface area contributed by atoms with Gasteiger partial charge >= 0.3 is 5.97 Å². The number of aromatic nitrogens is 3. The molecule has 2 aliphatic rings. The van der Waals surface area contributed by atoms with Crippen molar-refractivity contribution in [2.45, 2.75) is 44.1 Å². The fourth-order valence-electron chi connectivity index (χ4n) is 3.73. The number of benzene rings is 1. The van der Waals surface area contributed by atoms with Crippen LogP contribution in [0.15, 0.2) is 30.5 Å². The summed E-state index contributed by atoms with van der Waals surface area (Å²) in [5, 5.41) is 16.6. The first kappa shape index (κ1) is 16.8. The molecule has 136 valence electrons. The fourth-order valence-corrected chi connectivity index (χ4v) is 3.73. The number of carbonyl (C=O) groups excluding carboxylic acids is 1. The quantitative estimate of drug-likeness (QED) is 0.912. The zero-order valence-electron chi connectivity index (χ0n) is 14.5. The van der Waals surface area contributed by atoms with E-state index in [1.54, 1.807) is 4.68 Å². The summed E-state index contributed by atoms with van der Waals surface area (Å²) in [4.78, 5) is 25.6. The van der Waals surface area contributed by atoms with Crippen molar-refractivity contribution in [1.29, 1.82) is 0 Å². The van der Waals surface area contributed by atoms with Crippen LogP contribution in [-0.4, -0.2) is 50.0 Å². The number of hydrogen-bond acceptors (Lipinski definition) is 4. The highest BCUT2D eigenvalue weighted by Crippen LogP contribution is 2.36. The molecule has 7 nitrogen and oxygen atoms in total. The number of amides is 1. The summed E-state index contributed by atoms with van der Waals surface area (Å²) in [7, 11) is 0. The van der Waals surface area contributed by atoms with E-state index in [0.717, 1.165) is 12.8 Å². The zero-order chi connectivity index (χ0) is 18.1. The highest BCUT2D eigenvalue weighted by molar-refractivity contribution is 5.94. The Morgan fingerprint density at radius 2 is 1.85 bits per heavy atom. The molecule has 26 heavy (non-hydrogen) atoms. The van der Waals surface area contributed by atoms with Gasteiger partial charge in [-0.25, -0.2) is 9.48 Å². The maximum absolute atomic E-state index is 12.8. The molecule has 1 aliphatic carbocycles. The van der Waals surface area contributed by atoms with Crippen LogP contribution in [0.1, 0.15) is 70.5 Å². The second-order valence-corrected chi connectivity index (χ2v) is 7.19. The summed E-state index contributed by atoms with van der Waals surface area (Å²) in [5.41, 5.74) is 1.96. The van der Waals surface area contributed by atoms with Crippen LogP contribution in [0.5, 0.6) is 0 Å². The Morgan fingerprint density at radius 3 is 2.46 bits per heavy atom. The number of likely N-dealkylation sites (tertiary alicyclic amines) is 1. The maximum atomic E-state index is 12.8. The zero-order valence-corrected chi connectivity index (χ0v) is 14.5. The molecule has 0 radical (unpaired) electrons. The number of nitrogens with zero attached hydrogens (tertiary/aromatic N) is 4. The van der Waals surface area contributed by atoms with E-state index in [9.17, 15) is 9.59 Å². The second-order valence-electron chi connectivity index (χ2n) is 7.19. The number of carbonyl (C=O) groups is 2. The molecule has 0 spiro atoms. The van der Waals surface area contributed by atoms with Crippen LogP contribution in [0.4, 0.5) is 0 Å². The molecule has 0 bridgehead atoms. The van der Waals surface area contributed by atoms with Gasteiger partial charge in [-0.3, -0.25) is 4.79 Å². The van der Waals surface area contributed by atoms with Crippen LogP contribution in [0.25, 0.3) is 0 Å². The minimum atomic E-state index is -1.09. The van der Waals surface area contributed by atoms with Gasteiger partial charge in [0.15, 0.2) is 5.69 Å². The predicted molar refractivity (Wildman–Crippen MR) is 94.2 cm³/mol. The van der Waals surface area contributed by atoms with Gasteiger partial charge in [-0.15, -0.1) is 5.10 Å². The molecule has 2 heterocycles. The molecule has 1 saturated heterocycles. The second kappa shape index (κ2) is 6.90. The topological polar surface area (TPSA) is 88.3 Å². The van der Waals surface area contributed by atoms with Crippen molar-refractivity contribution in [3.05, 3.63) is 47.3 Å². The van der Waals surface area contributed by atoms with Crippen molar-refractivity contribution >= 4 is 11.9 Å². The lowest BCUT2D eigenvalue weighted by atomic mass is 9.80. The van der Waals surface area contributed by atoms with Gasteiger partial charge in [-0.1, -0.05) is 23.8 Å². The first-order chi connectivity index (χ1) is 12.6. The molecule has 1 N–H and O–H groups in total. The molecule has 1 amide bonds. The van der Waals surface area contributed by atoms with Crippen LogP contribution in [0.2, 0.25) is 0 Å². The molecule has 7 heteroatoms. The maximum Gasteiger partial charge on any atom is 0.358 e. The van der Waals surface area contributed by atoms with Gasteiger partial charge < -0.3 is 10.0 Å². The Morgan fingerprint density at radius 1 is 1.08 bits per heavy atom. The molecule has 2 fully saturated rings. The van der Waals surface area contributed by atoms with Crippen molar-refractivity contribution in [3.63, 3.8) is 0 Å². The Kier molecular flexibility index (Phi) is 4.44. The Labute approximate surface area is 151 Å². The molecule has 1 unspecified atom stereocenters. The summed E-state index contributed by atoms with van der Waals surface area (Å²) in [6.45, 7) is 1.23. The van der Waals surface area contributed by atoms with Crippen molar-refractivity contribution in [1.82, 2.24) is 19.9 Å². The molecule has 2 aromatic rings. The highest BCUT2D eigenvalue weighted by Gasteiger charge is 2.27. The molecular formula is C19H22N4O3. The van der Waals surface area contributed by atoms with Crippen LogP contribution < -0.4 is 0 Å². The largest absolute Gasteiger partial charge is 0.476 e. The molecular weight excluding hydrogens is 332 g/mol. The van der Waals surface area contributed by atoms with E-state index in [1.807, 2.05) is 17.0 Å². The number of hydrogen-bond donors (Lipinski definition) is 1. The number of rotatable bonds is 4.